The van der Waals surface area contributed by atoms with Crippen LogP contribution in [0.25, 0.3) is 5.69 Å². The molecule has 2 rings (SSSR count). The summed E-state index contributed by atoms with van der Waals surface area (Å²) in [7, 11) is -1.96. The van der Waals surface area contributed by atoms with Crippen LogP contribution in [-0.2, 0) is 9.22 Å². The number of rotatable bonds is 9. The molecule has 9 heteroatoms. The van der Waals surface area contributed by atoms with Gasteiger partial charge in [-0.2, -0.15) is 15.0 Å². The molecule has 1 aromatic carbocycles. The molecule has 0 aliphatic carbocycles. The van der Waals surface area contributed by atoms with Crippen molar-refractivity contribution in [2.45, 2.75) is 45.3 Å². The summed E-state index contributed by atoms with van der Waals surface area (Å²) in [6, 6.07) is 7.03. The smallest absolute Gasteiger partial charge is 0.305 e. The minimum Gasteiger partial charge on any atom is -0.481 e. The molecule has 1 heterocycles. The minimum atomic E-state index is -1.96. The third-order valence-corrected chi connectivity index (χ3v) is 9.82. The number of aromatic nitrogens is 3. The molecule has 1 N–H and O–H groups in total. The zero-order chi connectivity index (χ0) is 21.7. The van der Waals surface area contributed by atoms with Gasteiger partial charge in [-0.15, -0.1) is 0 Å². The number of carbonyl (C=O) groups is 2. The lowest BCUT2D eigenvalue weighted by atomic mass is 10.1. The molecular formula is C20H30N4O4Si. The van der Waals surface area contributed by atoms with Gasteiger partial charge in [-0.05, 0) is 30.3 Å². The van der Waals surface area contributed by atoms with E-state index in [1.165, 1.54) is 22.1 Å². The van der Waals surface area contributed by atoms with Gasteiger partial charge in [0.2, 0.25) is 0 Å². The highest BCUT2D eigenvalue weighted by Gasteiger charge is 2.37. The van der Waals surface area contributed by atoms with Crippen LogP contribution in [0.5, 0.6) is 0 Å². The van der Waals surface area contributed by atoms with Gasteiger partial charge in [0.25, 0.3) is 5.91 Å². The maximum Gasteiger partial charge on any atom is 0.305 e. The number of carboxylic acid groups (broad SMARTS) is 1. The van der Waals surface area contributed by atoms with Gasteiger partial charge in [0.1, 0.15) is 0 Å². The Hall–Kier alpha value is -2.52. The topological polar surface area (TPSA) is 97.6 Å². The van der Waals surface area contributed by atoms with Gasteiger partial charge in [-0.1, -0.05) is 32.9 Å². The summed E-state index contributed by atoms with van der Waals surface area (Å²) in [6.45, 7) is 11.5. The van der Waals surface area contributed by atoms with Crippen LogP contribution in [0.1, 0.15) is 37.6 Å². The van der Waals surface area contributed by atoms with Gasteiger partial charge in [0.05, 0.1) is 36.7 Å². The molecule has 0 fully saturated rings. The third-order valence-electron chi connectivity index (χ3n) is 5.28. The van der Waals surface area contributed by atoms with E-state index in [2.05, 4.69) is 44.1 Å². The van der Waals surface area contributed by atoms with E-state index >= 15 is 0 Å². The van der Waals surface area contributed by atoms with Crippen molar-refractivity contribution in [2.75, 3.05) is 19.7 Å². The number of hydrogen-bond donors (Lipinski definition) is 1. The summed E-state index contributed by atoms with van der Waals surface area (Å²) >= 11 is 0. The van der Waals surface area contributed by atoms with Crippen molar-refractivity contribution < 1.29 is 19.1 Å². The molecule has 0 saturated heterocycles. The Kier molecular flexibility index (Phi) is 7.31. The first kappa shape index (κ1) is 22.8. The molecule has 0 aliphatic heterocycles. The molecule has 29 heavy (non-hydrogen) atoms. The molecule has 1 aromatic heterocycles. The van der Waals surface area contributed by atoms with Crippen molar-refractivity contribution >= 4 is 20.2 Å². The third kappa shape index (κ3) is 5.98. The van der Waals surface area contributed by atoms with Crippen LogP contribution in [0.4, 0.5) is 0 Å². The predicted molar refractivity (Wildman–Crippen MR) is 113 cm³/mol. The summed E-state index contributed by atoms with van der Waals surface area (Å²) in [5.41, 5.74) is 0.967. The molecule has 0 unspecified atom stereocenters. The van der Waals surface area contributed by atoms with Crippen LogP contribution >= 0.6 is 0 Å². The van der Waals surface area contributed by atoms with Gasteiger partial charge in [-0.3, -0.25) is 9.59 Å². The summed E-state index contributed by atoms with van der Waals surface area (Å²) in [5, 5.41) is 17.4. The molecule has 0 spiro atoms. The molecule has 1 amide bonds. The van der Waals surface area contributed by atoms with Crippen molar-refractivity contribution in [3.8, 4) is 5.69 Å². The van der Waals surface area contributed by atoms with E-state index in [4.69, 9.17) is 9.53 Å². The van der Waals surface area contributed by atoms with Gasteiger partial charge >= 0.3 is 5.97 Å². The fourth-order valence-corrected chi connectivity index (χ4v) is 3.55. The molecule has 0 radical (unpaired) electrons. The van der Waals surface area contributed by atoms with Crippen molar-refractivity contribution in [1.29, 1.82) is 0 Å². The fraction of sp³-hybridized carbons (Fsp3) is 0.500. The standard InChI is InChI=1S/C20H30N4O4Si/c1-20(2,3)29(4,5)28-15-14-23(13-10-18(25)26)19(27)16-8-6-7-9-17(16)24-21-11-12-22-24/h6-9,11-12H,10,13-15H2,1-5H3,(H,25,26). The summed E-state index contributed by atoms with van der Waals surface area (Å²) in [6.07, 6.45) is 2.95. The number of nitrogens with zero attached hydrogens (tertiary/aromatic N) is 4. The maximum atomic E-state index is 13.2. The van der Waals surface area contributed by atoms with Crippen molar-refractivity contribution in [2.24, 2.45) is 0 Å². The summed E-state index contributed by atoms with van der Waals surface area (Å²) in [5.74, 6) is -1.21. The number of carboxylic acids is 1. The zero-order valence-corrected chi connectivity index (χ0v) is 18.8. The number of aliphatic carboxylic acids is 1. The van der Waals surface area contributed by atoms with Gasteiger partial charge in [0.15, 0.2) is 8.32 Å². The summed E-state index contributed by atoms with van der Waals surface area (Å²) < 4.78 is 6.19. The second kappa shape index (κ2) is 9.32. The highest BCUT2D eigenvalue weighted by Crippen LogP contribution is 2.36. The molecular weight excluding hydrogens is 388 g/mol. The Morgan fingerprint density at radius 2 is 1.76 bits per heavy atom. The molecule has 0 saturated carbocycles. The van der Waals surface area contributed by atoms with E-state index in [-0.39, 0.29) is 23.9 Å². The van der Waals surface area contributed by atoms with Crippen molar-refractivity contribution in [3.05, 3.63) is 42.2 Å². The predicted octanol–water partition coefficient (Wildman–Crippen LogP) is 3.21. The highest BCUT2D eigenvalue weighted by molar-refractivity contribution is 6.74. The van der Waals surface area contributed by atoms with Crippen LogP contribution in [-0.4, -0.2) is 64.9 Å². The fourth-order valence-electron chi connectivity index (χ4n) is 2.51. The maximum absolute atomic E-state index is 13.2. The zero-order valence-electron chi connectivity index (χ0n) is 17.8. The highest BCUT2D eigenvalue weighted by atomic mass is 28.4. The Labute approximate surface area is 172 Å². The lowest BCUT2D eigenvalue weighted by molar-refractivity contribution is -0.137. The quantitative estimate of drug-likeness (QED) is 0.628. The van der Waals surface area contributed by atoms with Crippen LogP contribution < -0.4 is 0 Å². The molecule has 0 aliphatic rings. The first-order valence-electron chi connectivity index (χ1n) is 9.63. The molecule has 2 aromatic rings. The van der Waals surface area contributed by atoms with Gasteiger partial charge in [-0.25, -0.2) is 0 Å². The van der Waals surface area contributed by atoms with Crippen molar-refractivity contribution in [1.82, 2.24) is 19.9 Å². The minimum absolute atomic E-state index is 0.0568. The van der Waals surface area contributed by atoms with Gasteiger partial charge < -0.3 is 14.4 Å². The lowest BCUT2D eigenvalue weighted by Gasteiger charge is -2.36. The van der Waals surface area contributed by atoms with Crippen LogP contribution in [0.2, 0.25) is 18.1 Å². The Bertz CT molecular complexity index is 831. The lowest BCUT2D eigenvalue weighted by Crippen LogP contribution is -2.44. The number of carbonyl (C=O) groups excluding carboxylic acids is 1. The van der Waals surface area contributed by atoms with E-state index in [9.17, 15) is 9.59 Å². The van der Waals surface area contributed by atoms with E-state index < -0.39 is 14.3 Å². The second-order valence-corrected chi connectivity index (χ2v) is 13.2. The Balaban J connectivity index is 2.20. The number of benzene rings is 1. The average Bonchev–Trinajstić information content (AvgIpc) is 3.17. The molecule has 8 nitrogen and oxygen atoms in total. The average molecular weight is 419 g/mol. The molecule has 158 valence electrons. The Morgan fingerprint density at radius 1 is 1.14 bits per heavy atom. The summed E-state index contributed by atoms with van der Waals surface area (Å²) in [4.78, 5) is 27.3. The van der Waals surface area contributed by atoms with Gasteiger partial charge in [0, 0.05) is 13.1 Å². The SMILES string of the molecule is CC(C)(C)[Si](C)(C)OCCN(CCC(=O)O)C(=O)c1ccccc1-n1nccn1. The van der Waals surface area contributed by atoms with E-state index in [0.717, 1.165) is 0 Å². The van der Waals surface area contributed by atoms with Crippen LogP contribution in [0.15, 0.2) is 36.7 Å². The number of hydrogen-bond acceptors (Lipinski definition) is 5. The first-order chi connectivity index (χ1) is 13.5. The monoisotopic (exact) mass is 418 g/mol. The van der Waals surface area contributed by atoms with E-state index in [1.54, 1.807) is 24.3 Å². The normalized spacial score (nSPS) is 12.0. The molecule has 0 bridgehead atoms. The van der Waals surface area contributed by atoms with Crippen molar-refractivity contribution in [3.63, 3.8) is 0 Å². The van der Waals surface area contributed by atoms with Crippen LogP contribution in [0.3, 0.4) is 0 Å². The van der Waals surface area contributed by atoms with E-state index in [1.807, 2.05) is 0 Å². The number of para-hydroxylation sites is 1. The number of amides is 1. The first-order valence-corrected chi connectivity index (χ1v) is 12.5. The molecule has 0 atom stereocenters. The second-order valence-electron chi connectivity index (χ2n) is 8.38. The van der Waals surface area contributed by atoms with Crippen LogP contribution in [0, 0.1) is 0 Å². The Morgan fingerprint density at radius 3 is 2.34 bits per heavy atom. The largest absolute Gasteiger partial charge is 0.481 e. The van der Waals surface area contributed by atoms with E-state index in [0.29, 0.717) is 24.4 Å².